The number of hydrogen-bond acceptors (Lipinski definition) is 1. The van der Waals surface area contributed by atoms with Gasteiger partial charge in [-0.1, -0.05) is 31.4 Å². The van der Waals surface area contributed by atoms with Crippen LogP contribution in [0.25, 0.3) is 0 Å². The summed E-state index contributed by atoms with van der Waals surface area (Å²) in [6, 6.07) is 0. The van der Waals surface area contributed by atoms with Gasteiger partial charge in [0.2, 0.25) is 0 Å². The van der Waals surface area contributed by atoms with Crippen molar-refractivity contribution in [2.75, 3.05) is 0 Å². The summed E-state index contributed by atoms with van der Waals surface area (Å²) >= 11 is 0. The van der Waals surface area contributed by atoms with Crippen molar-refractivity contribution in [2.45, 2.75) is 51.0 Å². The minimum absolute atomic E-state index is 0. The van der Waals surface area contributed by atoms with Gasteiger partial charge in [-0.15, -0.1) is 13.2 Å². The molecule has 0 saturated carbocycles. The lowest BCUT2D eigenvalue weighted by molar-refractivity contribution is 0.488. The van der Waals surface area contributed by atoms with Crippen molar-refractivity contribution >= 4 is 0 Å². The Morgan fingerprint density at radius 3 is 2.38 bits per heavy atom. The molecule has 0 aliphatic rings. The molecule has 0 aromatic carbocycles. The summed E-state index contributed by atoms with van der Waals surface area (Å²) in [5, 5.41) is 0. The highest BCUT2D eigenvalue weighted by molar-refractivity contribution is 4.95. The monoisotopic (exact) mass is 183 g/mol. The molecule has 0 radical (unpaired) electrons. The number of nitrogens with two attached hydrogens (primary N) is 1. The molecule has 0 bridgehead atoms. The maximum absolute atomic E-state index is 5.92. The van der Waals surface area contributed by atoms with Gasteiger partial charge in [-0.05, 0) is 26.2 Å². The van der Waals surface area contributed by atoms with E-state index in [4.69, 9.17) is 5.73 Å². The Labute approximate surface area is 84.2 Å². The van der Waals surface area contributed by atoms with Gasteiger partial charge in [-0.2, -0.15) is 0 Å². The quantitative estimate of drug-likeness (QED) is 0.451. The van der Waals surface area contributed by atoms with Crippen molar-refractivity contribution in [3.05, 3.63) is 25.3 Å². The first-order chi connectivity index (χ1) is 6.12. The van der Waals surface area contributed by atoms with E-state index in [0.29, 0.717) is 0 Å². The topological polar surface area (TPSA) is 26.0 Å². The molecule has 2 N–H and O–H groups in total. The third-order valence-corrected chi connectivity index (χ3v) is 2.34. The summed E-state index contributed by atoms with van der Waals surface area (Å²) in [4.78, 5) is 0. The van der Waals surface area contributed by atoms with Crippen LogP contribution in [0.1, 0.15) is 46.9 Å². The molecule has 13 heavy (non-hydrogen) atoms. The van der Waals surface area contributed by atoms with Crippen molar-refractivity contribution in [2.24, 2.45) is 5.73 Å². The van der Waals surface area contributed by atoms with Crippen LogP contribution in [0.5, 0.6) is 0 Å². The fourth-order valence-electron chi connectivity index (χ4n) is 1.25. The second kappa shape index (κ2) is 6.90. The normalized spacial score (nSPS) is 14.9. The number of hydrogen-bond donors (Lipinski definition) is 1. The van der Waals surface area contributed by atoms with Crippen LogP contribution in [-0.2, 0) is 0 Å². The molecular formula is C12H25N. The van der Waals surface area contributed by atoms with Crippen LogP contribution in [0.4, 0.5) is 0 Å². The summed E-state index contributed by atoms with van der Waals surface area (Å²) in [6.45, 7) is 9.45. The Morgan fingerprint density at radius 1 is 1.23 bits per heavy atom. The molecule has 78 valence electrons. The highest BCUT2D eigenvalue weighted by Gasteiger charge is 2.11. The van der Waals surface area contributed by atoms with Crippen LogP contribution in [0.15, 0.2) is 25.3 Å². The Morgan fingerprint density at radius 2 is 1.85 bits per heavy atom. The van der Waals surface area contributed by atoms with E-state index in [1.807, 2.05) is 19.1 Å². The predicted molar refractivity (Wildman–Crippen MR) is 62.8 cm³/mol. The maximum Gasteiger partial charge on any atom is 0.0307 e. The molecule has 0 rings (SSSR count). The highest BCUT2D eigenvalue weighted by Crippen LogP contribution is 2.13. The largest absolute Gasteiger partial charge is 0.322 e. The Balaban J connectivity index is 0. The number of rotatable bonds is 8. The fraction of sp³-hybridized carbons (Fsp3) is 0.667. The van der Waals surface area contributed by atoms with E-state index >= 15 is 0 Å². The molecule has 1 nitrogen and oxygen atoms in total. The van der Waals surface area contributed by atoms with Crippen LogP contribution in [0.2, 0.25) is 0 Å². The zero-order valence-electron chi connectivity index (χ0n) is 8.89. The van der Waals surface area contributed by atoms with E-state index < -0.39 is 0 Å². The average Bonchev–Trinajstić information content (AvgIpc) is 2.11. The highest BCUT2D eigenvalue weighted by atomic mass is 14.7. The van der Waals surface area contributed by atoms with Gasteiger partial charge in [0.1, 0.15) is 0 Å². The second-order valence-electron chi connectivity index (χ2n) is 3.95. The van der Waals surface area contributed by atoms with Crippen molar-refractivity contribution in [3.8, 4) is 0 Å². The second-order valence-corrected chi connectivity index (χ2v) is 3.95. The molecule has 1 atom stereocenters. The summed E-state index contributed by atoms with van der Waals surface area (Å²) in [5.41, 5.74) is 5.75. The van der Waals surface area contributed by atoms with E-state index in [1.165, 1.54) is 25.7 Å². The molecule has 0 heterocycles. The third-order valence-electron chi connectivity index (χ3n) is 2.34. The molecule has 0 aromatic rings. The van der Waals surface area contributed by atoms with E-state index in [1.54, 1.807) is 0 Å². The molecule has 0 amide bonds. The Bertz CT molecular complexity index is 152. The lowest BCUT2D eigenvalue weighted by Gasteiger charge is -2.19. The van der Waals surface area contributed by atoms with Crippen molar-refractivity contribution < 1.29 is 1.43 Å². The van der Waals surface area contributed by atoms with Gasteiger partial charge in [0, 0.05) is 6.97 Å². The number of allylic oxidation sites excluding steroid dienone is 1. The molecular weight excluding hydrogens is 158 g/mol. The molecule has 0 unspecified atom stereocenters. The van der Waals surface area contributed by atoms with E-state index in [9.17, 15) is 0 Å². The van der Waals surface area contributed by atoms with Gasteiger partial charge < -0.3 is 5.73 Å². The molecule has 0 fully saturated rings. The summed E-state index contributed by atoms with van der Waals surface area (Å²) in [7, 11) is 0. The van der Waals surface area contributed by atoms with Crippen LogP contribution < -0.4 is 5.73 Å². The summed E-state index contributed by atoms with van der Waals surface area (Å²) < 4.78 is 0. The summed E-state index contributed by atoms with van der Waals surface area (Å²) in [6.07, 6.45) is 11.0. The summed E-state index contributed by atoms with van der Waals surface area (Å²) in [5.74, 6) is 0. The molecule has 0 aliphatic carbocycles. The lowest BCUT2D eigenvalue weighted by Crippen LogP contribution is -2.32. The first kappa shape index (κ1) is 12.4. The smallest absolute Gasteiger partial charge is 0.0307 e. The van der Waals surface area contributed by atoms with Crippen LogP contribution >= 0.6 is 0 Å². The van der Waals surface area contributed by atoms with Crippen LogP contribution in [-0.4, -0.2) is 5.54 Å². The van der Waals surface area contributed by atoms with E-state index in [2.05, 4.69) is 13.2 Å². The Kier molecular flexibility index (Phi) is 6.61. The molecule has 0 saturated heterocycles. The van der Waals surface area contributed by atoms with Gasteiger partial charge in [-0.3, -0.25) is 0 Å². The average molecular weight is 183 g/mol. The maximum atomic E-state index is 5.92. The van der Waals surface area contributed by atoms with Crippen LogP contribution in [0, 0.1) is 0 Å². The minimum Gasteiger partial charge on any atom is -0.322 e. The minimum atomic E-state index is -0.168. The van der Waals surface area contributed by atoms with Crippen LogP contribution in [0.3, 0.4) is 0 Å². The lowest BCUT2D eigenvalue weighted by atomic mass is 9.95. The first-order valence-electron chi connectivity index (χ1n) is 5.16. The van der Waals surface area contributed by atoms with E-state index in [0.717, 1.165) is 12.8 Å². The van der Waals surface area contributed by atoms with Gasteiger partial charge in [-0.25, -0.2) is 0 Å². The number of unbranched alkanes of at least 4 members (excludes halogenated alkanes) is 4. The first-order valence-corrected chi connectivity index (χ1v) is 5.16. The van der Waals surface area contributed by atoms with E-state index in [-0.39, 0.29) is 6.97 Å². The standard InChI is InChI=1S/C12H23N.H2/c1-4-6-7-8-9-10-11-12(3,13)5-2;/h4-5H,1-2,6-11,13H2,3H3;1H/t12-;/m1./s1. The molecule has 1 heteroatoms. The zero-order chi connectivity index (χ0) is 10.2. The SMILES string of the molecule is C=CCCCCCC[C@](C)(N)C=C.[HH]. The van der Waals surface area contributed by atoms with Gasteiger partial charge in [0.15, 0.2) is 0 Å². The van der Waals surface area contributed by atoms with Crippen molar-refractivity contribution in [3.63, 3.8) is 0 Å². The molecule has 0 aromatic heterocycles. The fourth-order valence-corrected chi connectivity index (χ4v) is 1.25. The van der Waals surface area contributed by atoms with Crippen molar-refractivity contribution in [1.82, 2.24) is 0 Å². The Hall–Kier alpha value is -0.560. The van der Waals surface area contributed by atoms with Crippen molar-refractivity contribution in [1.29, 1.82) is 0 Å². The van der Waals surface area contributed by atoms with Gasteiger partial charge in [0.25, 0.3) is 0 Å². The predicted octanol–water partition coefficient (Wildman–Crippen LogP) is 3.66. The molecule has 0 aliphatic heterocycles. The zero-order valence-corrected chi connectivity index (χ0v) is 8.89. The molecule has 0 spiro atoms. The van der Waals surface area contributed by atoms with Gasteiger partial charge in [0.05, 0.1) is 0 Å². The van der Waals surface area contributed by atoms with Gasteiger partial charge >= 0.3 is 0 Å². The third kappa shape index (κ3) is 7.79.